The molecule has 0 radical (unpaired) electrons. The van der Waals surface area contributed by atoms with E-state index in [4.69, 9.17) is 16.1 Å². The van der Waals surface area contributed by atoms with E-state index in [1.54, 1.807) is 28.9 Å². The number of amides is 1. The summed E-state index contributed by atoms with van der Waals surface area (Å²) in [6.45, 7) is 1.45. The number of hydrogen-bond donors (Lipinski definition) is 1. The van der Waals surface area contributed by atoms with Crippen LogP contribution in [0.4, 0.5) is 5.69 Å². The van der Waals surface area contributed by atoms with Gasteiger partial charge in [0.2, 0.25) is 22.8 Å². The molecule has 0 aliphatic carbocycles. The summed E-state index contributed by atoms with van der Waals surface area (Å²) in [4.78, 5) is 15.7. The highest BCUT2D eigenvalue weighted by Crippen LogP contribution is 2.25. The maximum absolute atomic E-state index is 11.3. The monoisotopic (exact) mass is 427 g/mol. The van der Waals surface area contributed by atoms with Gasteiger partial charge in [0.15, 0.2) is 0 Å². The first-order chi connectivity index (χ1) is 14.1. The summed E-state index contributed by atoms with van der Waals surface area (Å²) in [6.07, 6.45) is 0. The third-order valence-corrected chi connectivity index (χ3v) is 4.90. The third-order valence-electron chi connectivity index (χ3n) is 3.75. The van der Waals surface area contributed by atoms with E-state index in [0.717, 1.165) is 11.3 Å². The number of nitrogens with zero attached hydrogens (tertiary/aromatic N) is 6. The smallest absolute Gasteiger partial charge is 0.237 e. The second-order valence-electron chi connectivity index (χ2n) is 5.91. The minimum Gasteiger partial charge on any atom is -0.338 e. The molecule has 1 amide bonds. The van der Waals surface area contributed by atoms with Gasteiger partial charge in [-0.1, -0.05) is 34.6 Å². The molecule has 0 saturated heterocycles. The third kappa shape index (κ3) is 4.61. The molecule has 0 saturated carbocycles. The Morgan fingerprint density at radius 3 is 2.86 bits per heavy atom. The van der Waals surface area contributed by atoms with Crippen LogP contribution in [-0.4, -0.2) is 36.3 Å². The maximum atomic E-state index is 11.3. The van der Waals surface area contributed by atoms with E-state index in [0.29, 0.717) is 33.3 Å². The first kappa shape index (κ1) is 19.1. The second-order valence-corrected chi connectivity index (χ2v) is 7.29. The number of tetrazole rings is 1. The molecule has 0 aliphatic heterocycles. The van der Waals surface area contributed by atoms with Crippen LogP contribution in [0.1, 0.15) is 12.8 Å². The molecule has 29 heavy (non-hydrogen) atoms. The van der Waals surface area contributed by atoms with Gasteiger partial charge in [-0.3, -0.25) is 4.79 Å². The summed E-state index contributed by atoms with van der Waals surface area (Å²) in [7, 11) is 0. The molecule has 4 aromatic rings. The summed E-state index contributed by atoms with van der Waals surface area (Å²) in [6, 6.07) is 14.4. The lowest BCUT2D eigenvalue weighted by Crippen LogP contribution is -2.07. The number of rotatable bonds is 6. The Labute approximate surface area is 174 Å². The fourth-order valence-corrected chi connectivity index (χ4v) is 3.36. The van der Waals surface area contributed by atoms with Crippen molar-refractivity contribution >= 4 is 35.0 Å². The summed E-state index contributed by atoms with van der Waals surface area (Å²) in [5.41, 5.74) is 2.19. The van der Waals surface area contributed by atoms with Crippen LogP contribution in [0.25, 0.3) is 17.1 Å². The Bertz CT molecular complexity index is 1140. The fraction of sp³-hybridized carbons (Fsp3) is 0.111. The van der Waals surface area contributed by atoms with E-state index in [9.17, 15) is 4.79 Å². The van der Waals surface area contributed by atoms with Crippen molar-refractivity contribution in [2.75, 3.05) is 5.32 Å². The zero-order valence-electron chi connectivity index (χ0n) is 15.1. The van der Waals surface area contributed by atoms with Crippen molar-refractivity contribution in [3.63, 3.8) is 0 Å². The molecule has 11 heteroatoms. The lowest BCUT2D eigenvalue weighted by molar-refractivity contribution is -0.114. The summed E-state index contributed by atoms with van der Waals surface area (Å²) in [5, 5.41) is 19.7. The highest BCUT2D eigenvalue weighted by Gasteiger charge is 2.14. The van der Waals surface area contributed by atoms with Gasteiger partial charge in [0, 0.05) is 23.2 Å². The van der Waals surface area contributed by atoms with Gasteiger partial charge in [0.25, 0.3) is 0 Å². The molecule has 0 bridgehead atoms. The van der Waals surface area contributed by atoms with Gasteiger partial charge in [0.1, 0.15) is 0 Å². The van der Waals surface area contributed by atoms with Crippen LogP contribution in [0.3, 0.4) is 0 Å². The predicted molar refractivity (Wildman–Crippen MR) is 108 cm³/mol. The molecule has 0 unspecified atom stereocenters. The van der Waals surface area contributed by atoms with Gasteiger partial charge >= 0.3 is 0 Å². The minimum absolute atomic E-state index is 0.152. The first-order valence-electron chi connectivity index (χ1n) is 8.46. The highest BCUT2D eigenvalue weighted by atomic mass is 35.5. The molecule has 4 rings (SSSR count). The topological polar surface area (TPSA) is 112 Å². The summed E-state index contributed by atoms with van der Waals surface area (Å²) in [5.74, 6) is 1.18. The quantitative estimate of drug-likeness (QED) is 0.464. The molecule has 146 valence electrons. The number of aromatic nitrogens is 6. The first-order valence-corrected chi connectivity index (χ1v) is 9.82. The van der Waals surface area contributed by atoms with Crippen LogP contribution in [0.15, 0.2) is 58.2 Å². The van der Waals surface area contributed by atoms with Gasteiger partial charge < -0.3 is 9.84 Å². The van der Waals surface area contributed by atoms with Crippen LogP contribution >= 0.6 is 23.4 Å². The van der Waals surface area contributed by atoms with Crippen LogP contribution in [0, 0.1) is 0 Å². The van der Waals surface area contributed by atoms with Crippen LogP contribution in [0.5, 0.6) is 0 Å². The van der Waals surface area contributed by atoms with Gasteiger partial charge in [-0.25, -0.2) is 0 Å². The summed E-state index contributed by atoms with van der Waals surface area (Å²) < 4.78 is 6.89. The van der Waals surface area contributed by atoms with Crippen molar-refractivity contribution in [2.24, 2.45) is 0 Å². The van der Waals surface area contributed by atoms with Crippen LogP contribution < -0.4 is 5.32 Å². The van der Waals surface area contributed by atoms with Crippen molar-refractivity contribution in [1.82, 2.24) is 30.3 Å². The standard InChI is InChI=1S/C18H14ClN7O2S/c1-11(27)20-14-3-2-4-15(9-14)26-18(22-24-25-26)29-10-16-21-17(23-28-16)12-5-7-13(19)8-6-12/h2-9H,10H2,1H3,(H,20,27). The molecule has 2 heterocycles. The number of nitrogens with one attached hydrogen (secondary N) is 1. The number of anilines is 1. The maximum Gasteiger partial charge on any atom is 0.237 e. The average Bonchev–Trinajstić information content (AvgIpc) is 3.36. The molecule has 2 aromatic heterocycles. The number of benzene rings is 2. The molecule has 2 aromatic carbocycles. The molecule has 0 atom stereocenters. The normalized spacial score (nSPS) is 10.8. The SMILES string of the molecule is CC(=O)Nc1cccc(-n2nnnc2SCc2nc(-c3ccc(Cl)cc3)no2)c1. The lowest BCUT2D eigenvalue weighted by atomic mass is 10.2. The lowest BCUT2D eigenvalue weighted by Gasteiger charge is -2.06. The number of carbonyl (C=O) groups is 1. The number of halogens is 1. The van der Waals surface area contributed by atoms with E-state index in [1.807, 2.05) is 24.3 Å². The number of hydrogen-bond acceptors (Lipinski definition) is 8. The molecular weight excluding hydrogens is 414 g/mol. The van der Waals surface area contributed by atoms with E-state index < -0.39 is 0 Å². The van der Waals surface area contributed by atoms with E-state index in [1.165, 1.54) is 18.7 Å². The van der Waals surface area contributed by atoms with Crippen molar-refractivity contribution < 1.29 is 9.32 Å². The molecule has 0 spiro atoms. The zero-order valence-corrected chi connectivity index (χ0v) is 16.7. The van der Waals surface area contributed by atoms with Crippen LogP contribution in [-0.2, 0) is 10.5 Å². The van der Waals surface area contributed by atoms with Crippen molar-refractivity contribution in [3.8, 4) is 17.1 Å². The summed E-state index contributed by atoms with van der Waals surface area (Å²) >= 11 is 7.26. The van der Waals surface area contributed by atoms with Crippen LogP contribution in [0.2, 0.25) is 5.02 Å². The van der Waals surface area contributed by atoms with Gasteiger partial charge in [0.05, 0.1) is 11.4 Å². The Balaban J connectivity index is 1.48. The number of thioether (sulfide) groups is 1. The van der Waals surface area contributed by atoms with Crippen molar-refractivity contribution in [1.29, 1.82) is 0 Å². The predicted octanol–water partition coefficient (Wildman–Crippen LogP) is 3.62. The van der Waals surface area contributed by atoms with Crippen molar-refractivity contribution in [2.45, 2.75) is 17.8 Å². The molecule has 0 fully saturated rings. The Morgan fingerprint density at radius 2 is 2.07 bits per heavy atom. The molecule has 0 aliphatic rings. The van der Waals surface area contributed by atoms with Gasteiger partial charge in [-0.2, -0.15) is 9.67 Å². The molecular formula is C18H14ClN7O2S. The molecule has 9 nitrogen and oxygen atoms in total. The highest BCUT2D eigenvalue weighted by molar-refractivity contribution is 7.98. The fourth-order valence-electron chi connectivity index (χ4n) is 2.51. The largest absolute Gasteiger partial charge is 0.338 e. The zero-order chi connectivity index (χ0) is 20.2. The average molecular weight is 428 g/mol. The van der Waals surface area contributed by atoms with Crippen molar-refractivity contribution in [3.05, 3.63) is 59.4 Å². The second kappa shape index (κ2) is 8.41. The number of carbonyl (C=O) groups excluding carboxylic acids is 1. The van der Waals surface area contributed by atoms with E-state index in [2.05, 4.69) is 31.0 Å². The Hall–Kier alpha value is -3.24. The molecule has 1 N–H and O–H groups in total. The van der Waals surface area contributed by atoms with E-state index in [-0.39, 0.29) is 5.91 Å². The van der Waals surface area contributed by atoms with Gasteiger partial charge in [-0.05, 0) is 52.9 Å². The van der Waals surface area contributed by atoms with Gasteiger partial charge in [-0.15, -0.1) is 5.10 Å². The Kier molecular flexibility index (Phi) is 5.54. The Morgan fingerprint density at radius 1 is 1.24 bits per heavy atom. The minimum atomic E-state index is -0.152. The van der Waals surface area contributed by atoms with E-state index >= 15 is 0 Å².